The quantitative estimate of drug-likeness (QED) is 0.790. The van der Waals surface area contributed by atoms with E-state index in [2.05, 4.69) is 5.32 Å². The molecule has 0 aromatic carbocycles. The van der Waals surface area contributed by atoms with Gasteiger partial charge >= 0.3 is 0 Å². The highest BCUT2D eigenvalue weighted by atomic mass is 16.2. The molecule has 1 aliphatic carbocycles. The molecule has 1 saturated carbocycles. The van der Waals surface area contributed by atoms with E-state index < -0.39 is 0 Å². The molecule has 1 aliphatic heterocycles. The number of carbonyl (C=O) groups excluding carboxylic acids is 2. The van der Waals surface area contributed by atoms with Crippen molar-refractivity contribution in [1.29, 1.82) is 0 Å². The van der Waals surface area contributed by atoms with Gasteiger partial charge in [-0.3, -0.25) is 9.59 Å². The van der Waals surface area contributed by atoms with Crippen molar-refractivity contribution in [3.8, 4) is 0 Å². The maximum Gasteiger partial charge on any atom is 0.227 e. The van der Waals surface area contributed by atoms with Crippen molar-refractivity contribution in [2.75, 3.05) is 19.6 Å². The second-order valence-corrected chi connectivity index (χ2v) is 6.36. The van der Waals surface area contributed by atoms with Crippen LogP contribution in [0.2, 0.25) is 0 Å². The Morgan fingerprint density at radius 2 is 2.05 bits per heavy atom. The van der Waals surface area contributed by atoms with Gasteiger partial charge in [-0.1, -0.05) is 19.3 Å². The van der Waals surface area contributed by atoms with Gasteiger partial charge in [0.15, 0.2) is 0 Å². The summed E-state index contributed by atoms with van der Waals surface area (Å²) in [6.45, 7) is 3.83. The predicted octanol–water partition coefficient (Wildman–Crippen LogP) is 1.02. The van der Waals surface area contributed by atoms with E-state index in [1.165, 1.54) is 6.42 Å². The number of carbonyl (C=O) groups is 2. The molecule has 2 amide bonds. The maximum atomic E-state index is 12.5. The molecule has 5 heteroatoms. The molecule has 114 valence electrons. The lowest BCUT2D eigenvalue weighted by molar-refractivity contribution is -0.134. The fraction of sp³-hybridized carbons (Fsp3) is 0.867. The van der Waals surface area contributed by atoms with Gasteiger partial charge in [0.2, 0.25) is 11.8 Å². The highest BCUT2D eigenvalue weighted by molar-refractivity contribution is 5.83. The first-order valence-corrected chi connectivity index (χ1v) is 7.86. The molecule has 2 aliphatic rings. The number of nitrogens with zero attached hydrogens (tertiary/aromatic N) is 1. The zero-order valence-corrected chi connectivity index (χ0v) is 12.5. The molecule has 1 heterocycles. The molecule has 3 N–H and O–H groups in total. The van der Waals surface area contributed by atoms with E-state index in [1.54, 1.807) is 0 Å². The Morgan fingerprint density at radius 1 is 1.35 bits per heavy atom. The number of nitrogens with two attached hydrogens (primary N) is 1. The normalized spacial score (nSPS) is 23.7. The van der Waals surface area contributed by atoms with Crippen LogP contribution in [0, 0.1) is 5.41 Å². The predicted molar refractivity (Wildman–Crippen MR) is 78.0 cm³/mol. The molecule has 5 nitrogen and oxygen atoms in total. The summed E-state index contributed by atoms with van der Waals surface area (Å²) in [5, 5.41) is 3.08. The van der Waals surface area contributed by atoms with Gasteiger partial charge in [-0.2, -0.15) is 0 Å². The Balaban J connectivity index is 1.87. The molecule has 0 bridgehead atoms. The highest BCUT2D eigenvalue weighted by Gasteiger charge is 2.38. The van der Waals surface area contributed by atoms with Gasteiger partial charge < -0.3 is 16.0 Å². The first kappa shape index (κ1) is 15.3. The minimum absolute atomic E-state index is 0.00472. The maximum absolute atomic E-state index is 12.5. The summed E-state index contributed by atoms with van der Waals surface area (Å²) in [6.07, 6.45) is 6.75. The van der Waals surface area contributed by atoms with E-state index >= 15 is 0 Å². The van der Waals surface area contributed by atoms with Gasteiger partial charge in [0.05, 0.1) is 5.41 Å². The average Bonchev–Trinajstić information content (AvgIpc) is 2.84. The average molecular weight is 281 g/mol. The molecule has 0 aromatic heterocycles. The minimum atomic E-state index is -0.373. The molecular formula is C15H27N3O2. The number of likely N-dealkylation sites (tertiary alicyclic amines) is 1. The summed E-state index contributed by atoms with van der Waals surface area (Å²) in [5.74, 6) is 0.288. The van der Waals surface area contributed by atoms with Crippen molar-refractivity contribution in [3.05, 3.63) is 0 Å². The van der Waals surface area contributed by atoms with E-state index in [4.69, 9.17) is 5.73 Å². The number of hydrogen-bond acceptors (Lipinski definition) is 3. The third kappa shape index (κ3) is 3.32. The summed E-state index contributed by atoms with van der Waals surface area (Å²) in [4.78, 5) is 26.0. The van der Waals surface area contributed by atoms with Gasteiger partial charge in [0, 0.05) is 32.1 Å². The van der Waals surface area contributed by atoms with Crippen LogP contribution in [-0.2, 0) is 9.59 Å². The lowest BCUT2D eigenvalue weighted by Crippen LogP contribution is -2.52. The number of hydrogen-bond donors (Lipinski definition) is 2. The van der Waals surface area contributed by atoms with Crippen LogP contribution in [0.25, 0.3) is 0 Å². The zero-order valence-electron chi connectivity index (χ0n) is 12.5. The molecule has 0 aromatic rings. The van der Waals surface area contributed by atoms with Crippen LogP contribution in [0.1, 0.15) is 51.9 Å². The molecule has 20 heavy (non-hydrogen) atoms. The SMILES string of the molecule is CC(CN1CCCC1=O)NC(=O)C1(CN)CCCCC1. The second-order valence-electron chi connectivity index (χ2n) is 6.36. The standard InChI is InChI=1S/C15H27N3O2/c1-12(10-18-9-5-6-13(18)19)17-14(20)15(11-16)7-3-2-4-8-15/h12H,2-11,16H2,1H3,(H,17,20). The number of nitrogens with one attached hydrogen (secondary N) is 1. The Bertz CT molecular complexity index is 364. The van der Waals surface area contributed by atoms with E-state index in [0.717, 1.165) is 38.6 Å². The second kappa shape index (κ2) is 6.57. The molecule has 0 radical (unpaired) electrons. The third-order valence-electron chi connectivity index (χ3n) is 4.73. The minimum Gasteiger partial charge on any atom is -0.351 e. The Hall–Kier alpha value is -1.10. The van der Waals surface area contributed by atoms with Crippen LogP contribution in [0.5, 0.6) is 0 Å². The van der Waals surface area contributed by atoms with E-state index in [1.807, 2.05) is 11.8 Å². The monoisotopic (exact) mass is 281 g/mol. The molecule has 0 spiro atoms. The van der Waals surface area contributed by atoms with Crippen LogP contribution < -0.4 is 11.1 Å². The highest BCUT2D eigenvalue weighted by Crippen LogP contribution is 2.35. The van der Waals surface area contributed by atoms with Crippen LogP contribution >= 0.6 is 0 Å². The number of amides is 2. The molecule has 1 unspecified atom stereocenters. The van der Waals surface area contributed by atoms with Crippen molar-refractivity contribution in [2.45, 2.75) is 57.9 Å². The van der Waals surface area contributed by atoms with Crippen LogP contribution in [0.15, 0.2) is 0 Å². The molecule has 2 fully saturated rings. The summed E-state index contributed by atoms with van der Waals surface area (Å²) in [7, 11) is 0. The van der Waals surface area contributed by atoms with Crippen LogP contribution in [-0.4, -0.2) is 42.4 Å². The van der Waals surface area contributed by atoms with Gasteiger partial charge in [0.25, 0.3) is 0 Å². The molecule has 1 saturated heterocycles. The zero-order chi connectivity index (χ0) is 14.6. The summed E-state index contributed by atoms with van der Waals surface area (Å²) in [6, 6.07) is -0.00472. The molecule has 1 atom stereocenters. The largest absolute Gasteiger partial charge is 0.351 e. The first-order valence-electron chi connectivity index (χ1n) is 7.86. The van der Waals surface area contributed by atoms with Gasteiger partial charge in [-0.25, -0.2) is 0 Å². The smallest absolute Gasteiger partial charge is 0.227 e. The van der Waals surface area contributed by atoms with E-state index in [-0.39, 0.29) is 23.3 Å². The van der Waals surface area contributed by atoms with Gasteiger partial charge in [-0.05, 0) is 26.2 Å². The fourth-order valence-corrected chi connectivity index (χ4v) is 3.40. The third-order valence-corrected chi connectivity index (χ3v) is 4.73. The van der Waals surface area contributed by atoms with E-state index in [9.17, 15) is 9.59 Å². The topological polar surface area (TPSA) is 75.4 Å². The molecule has 2 rings (SSSR count). The van der Waals surface area contributed by atoms with Crippen molar-refractivity contribution >= 4 is 11.8 Å². The van der Waals surface area contributed by atoms with E-state index in [0.29, 0.717) is 19.5 Å². The van der Waals surface area contributed by atoms with Gasteiger partial charge in [0.1, 0.15) is 0 Å². The van der Waals surface area contributed by atoms with Crippen molar-refractivity contribution < 1.29 is 9.59 Å². The van der Waals surface area contributed by atoms with Crippen LogP contribution in [0.3, 0.4) is 0 Å². The van der Waals surface area contributed by atoms with Crippen molar-refractivity contribution in [2.24, 2.45) is 11.1 Å². The first-order chi connectivity index (χ1) is 9.57. The number of rotatable bonds is 5. The lowest BCUT2D eigenvalue weighted by Gasteiger charge is -2.36. The van der Waals surface area contributed by atoms with Crippen molar-refractivity contribution in [3.63, 3.8) is 0 Å². The summed E-state index contributed by atoms with van der Waals surface area (Å²) < 4.78 is 0. The summed E-state index contributed by atoms with van der Waals surface area (Å²) >= 11 is 0. The van der Waals surface area contributed by atoms with Crippen LogP contribution in [0.4, 0.5) is 0 Å². The Kier molecular flexibility index (Phi) is 5.02. The Morgan fingerprint density at radius 3 is 2.60 bits per heavy atom. The summed E-state index contributed by atoms with van der Waals surface area (Å²) in [5.41, 5.74) is 5.50. The fourth-order valence-electron chi connectivity index (χ4n) is 3.40. The van der Waals surface area contributed by atoms with Gasteiger partial charge in [-0.15, -0.1) is 0 Å². The Labute approximate surface area is 121 Å². The lowest BCUT2D eigenvalue weighted by atomic mass is 9.73. The van der Waals surface area contributed by atoms with Crippen molar-refractivity contribution in [1.82, 2.24) is 10.2 Å². The molecular weight excluding hydrogens is 254 g/mol.